The van der Waals surface area contributed by atoms with Crippen LogP contribution >= 0.6 is 0 Å². The lowest BCUT2D eigenvalue weighted by Gasteiger charge is -2.08. The van der Waals surface area contributed by atoms with Crippen LogP contribution in [0.25, 0.3) is 0 Å². The number of carbonyl (C=O) groups excluding carboxylic acids is 1. The third-order valence-electron chi connectivity index (χ3n) is 3.33. The van der Waals surface area contributed by atoms with Gasteiger partial charge < -0.3 is 20.5 Å². The number of amides is 1. The first-order valence-electron chi connectivity index (χ1n) is 7.66. The third kappa shape index (κ3) is 4.50. The summed E-state index contributed by atoms with van der Waals surface area (Å²) in [4.78, 5) is 15.8. The summed E-state index contributed by atoms with van der Waals surface area (Å²) >= 11 is 0. The van der Waals surface area contributed by atoms with Crippen molar-refractivity contribution in [1.82, 2.24) is 25.7 Å². The Bertz CT molecular complexity index is 818. The van der Waals surface area contributed by atoms with E-state index in [0.29, 0.717) is 36.0 Å². The predicted octanol–water partition coefficient (Wildman–Crippen LogP) is 1.75. The molecule has 0 aliphatic heterocycles. The van der Waals surface area contributed by atoms with Gasteiger partial charge in [-0.1, -0.05) is 5.16 Å². The van der Waals surface area contributed by atoms with Crippen LogP contribution in [-0.4, -0.2) is 39.3 Å². The Morgan fingerprint density at radius 1 is 1.08 bits per heavy atom. The van der Waals surface area contributed by atoms with Gasteiger partial charge in [0, 0.05) is 31.2 Å². The minimum Gasteiger partial charge on any atom is -0.367 e. The molecule has 0 aliphatic carbocycles. The van der Waals surface area contributed by atoms with Gasteiger partial charge in [-0.3, -0.25) is 9.78 Å². The summed E-state index contributed by atoms with van der Waals surface area (Å²) in [5, 5.41) is 20.7. The molecule has 3 rings (SSSR count). The molecule has 9 nitrogen and oxygen atoms in total. The summed E-state index contributed by atoms with van der Waals surface area (Å²) in [6.45, 7) is 2.64. The van der Waals surface area contributed by atoms with E-state index in [9.17, 15) is 4.79 Å². The van der Waals surface area contributed by atoms with Crippen LogP contribution in [0.15, 0.2) is 47.4 Å². The molecular formula is C16H17N7O2. The molecule has 1 amide bonds. The van der Waals surface area contributed by atoms with E-state index in [2.05, 4.69) is 36.3 Å². The van der Waals surface area contributed by atoms with Gasteiger partial charge in [0.05, 0.1) is 6.20 Å². The normalized spacial score (nSPS) is 10.3. The zero-order valence-electron chi connectivity index (χ0n) is 13.6. The molecule has 0 radical (unpaired) electrons. The molecular weight excluding hydrogens is 322 g/mol. The summed E-state index contributed by atoms with van der Waals surface area (Å²) in [5.41, 5.74) is 1.32. The maximum Gasteiger partial charge on any atom is 0.256 e. The quantitative estimate of drug-likeness (QED) is 0.557. The van der Waals surface area contributed by atoms with Gasteiger partial charge in [-0.15, -0.1) is 10.2 Å². The molecule has 0 saturated heterocycles. The van der Waals surface area contributed by atoms with Crippen molar-refractivity contribution in [3.63, 3.8) is 0 Å². The van der Waals surface area contributed by atoms with Crippen molar-refractivity contribution >= 4 is 23.2 Å². The maximum atomic E-state index is 11.9. The molecule has 0 fully saturated rings. The van der Waals surface area contributed by atoms with E-state index in [1.54, 1.807) is 19.3 Å². The number of hydrogen-bond donors (Lipinski definition) is 3. The number of hydrogen-bond acceptors (Lipinski definition) is 8. The third-order valence-corrected chi connectivity index (χ3v) is 3.33. The van der Waals surface area contributed by atoms with Crippen molar-refractivity contribution < 1.29 is 9.32 Å². The topological polar surface area (TPSA) is 118 Å². The lowest BCUT2D eigenvalue weighted by Crippen LogP contribution is -2.29. The highest BCUT2D eigenvalue weighted by Crippen LogP contribution is 2.13. The Morgan fingerprint density at radius 2 is 1.84 bits per heavy atom. The minimum atomic E-state index is -0.219. The number of pyridine rings is 1. The van der Waals surface area contributed by atoms with E-state index in [4.69, 9.17) is 4.52 Å². The molecule has 0 spiro atoms. The Kier molecular flexibility index (Phi) is 5.15. The van der Waals surface area contributed by atoms with E-state index in [1.807, 2.05) is 24.3 Å². The SMILES string of the molecule is Cc1oncc1C(=O)NCCNc1ccc(Nc2ccncc2)nn1. The molecule has 3 aromatic rings. The predicted molar refractivity (Wildman–Crippen MR) is 91.6 cm³/mol. The standard InChI is InChI=1S/C16H17N7O2/c1-11-13(10-20-25-11)16(24)19-9-8-18-14-2-3-15(23-22-14)21-12-4-6-17-7-5-12/h2-7,10H,8-9H2,1H3,(H,18,22)(H,19,24)(H,17,21,23). The van der Waals surface area contributed by atoms with Crippen LogP contribution in [-0.2, 0) is 0 Å². The molecule has 3 N–H and O–H groups in total. The van der Waals surface area contributed by atoms with Crippen molar-refractivity contribution in [2.24, 2.45) is 0 Å². The highest BCUT2D eigenvalue weighted by Gasteiger charge is 2.11. The summed E-state index contributed by atoms with van der Waals surface area (Å²) < 4.78 is 4.86. The lowest BCUT2D eigenvalue weighted by atomic mass is 10.2. The fraction of sp³-hybridized carbons (Fsp3) is 0.188. The first kappa shape index (κ1) is 16.4. The zero-order valence-corrected chi connectivity index (χ0v) is 13.6. The van der Waals surface area contributed by atoms with Gasteiger partial charge in [0.15, 0.2) is 5.82 Å². The van der Waals surface area contributed by atoms with Gasteiger partial charge in [-0.25, -0.2) is 0 Å². The molecule has 25 heavy (non-hydrogen) atoms. The van der Waals surface area contributed by atoms with E-state index in [1.165, 1.54) is 6.20 Å². The molecule has 0 aliphatic rings. The van der Waals surface area contributed by atoms with Crippen LogP contribution in [0, 0.1) is 6.92 Å². The van der Waals surface area contributed by atoms with E-state index < -0.39 is 0 Å². The average molecular weight is 339 g/mol. The summed E-state index contributed by atoms with van der Waals surface area (Å²) in [5.74, 6) is 1.53. The second-order valence-electron chi connectivity index (χ2n) is 5.14. The highest BCUT2D eigenvalue weighted by molar-refractivity contribution is 5.94. The zero-order chi connectivity index (χ0) is 17.5. The summed E-state index contributed by atoms with van der Waals surface area (Å²) in [7, 11) is 0. The fourth-order valence-corrected chi connectivity index (χ4v) is 2.05. The molecule has 3 heterocycles. The second kappa shape index (κ2) is 7.86. The molecule has 0 unspecified atom stereocenters. The molecule has 3 aromatic heterocycles. The maximum absolute atomic E-state index is 11.9. The van der Waals surface area contributed by atoms with Gasteiger partial charge in [-0.05, 0) is 31.2 Å². The van der Waals surface area contributed by atoms with Gasteiger partial charge in [0.25, 0.3) is 5.91 Å². The van der Waals surface area contributed by atoms with Crippen LogP contribution in [0.1, 0.15) is 16.1 Å². The Labute approximate surface area is 143 Å². The largest absolute Gasteiger partial charge is 0.367 e. The molecule has 0 aromatic carbocycles. The monoisotopic (exact) mass is 339 g/mol. The minimum absolute atomic E-state index is 0.219. The van der Waals surface area contributed by atoms with Crippen LogP contribution in [0.5, 0.6) is 0 Å². The Balaban J connectivity index is 1.43. The van der Waals surface area contributed by atoms with Crippen molar-refractivity contribution in [2.45, 2.75) is 6.92 Å². The van der Waals surface area contributed by atoms with Crippen molar-refractivity contribution in [1.29, 1.82) is 0 Å². The molecule has 0 bridgehead atoms. The van der Waals surface area contributed by atoms with Crippen LogP contribution in [0.4, 0.5) is 17.3 Å². The van der Waals surface area contributed by atoms with E-state index in [-0.39, 0.29) is 5.91 Å². The Morgan fingerprint density at radius 3 is 2.52 bits per heavy atom. The summed E-state index contributed by atoms with van der Waals surface area (Å²) in [6.07, 6.45) is 4.79. The number of rotatable bonds is 7. The number of anilines is 3. The van der Waals surface area contributed by atoms with Crippen LogP contribution in [0.2, 0.25) is 0 Å². The summed E-state index contributed by atoms with van der Waals surface area (Å²) in [6, 6.07) is 7.30. The van der Waals surface area contributed by atoms with Gasteiger partial charge in [-0.2, -0.15) is 0 Å². The molecule has 128 valence electrons. The highest BCUT2D eigenvalue weighted by atomic mass is 16.5. The van der Waals surface area contributed by atoms with E-state index >= 15 is 0 Å². The number of nitrogens with zero attached hydrogens (tertiary/aromatic N) is 4. The van der Waals surface area contributed by atoms with Crippen LogP contribution in [0.3, 0.4) is 0 Å². The smallest absolute Gasteiger partial charge is 0.256 e. The van der Waals surface area contributed by atoms with Crippen molar-refractivity contribution in [3.05, 3.63) is 54.2 Å². The number of carbonyl (C=O) groups is 1. The fourth-order valence-electron chi connectivity index (χ4n) is 2.05. The van der Waals surface area contributed by atoms with Crippen molar-refractivity contribution in [2.75, 3.05) is 23.7 Å². The number of nitrogens with one attached hydrogen (secondary N) is 3. The second-order valence-corrected chi connectivity index (χ2v) is 5.14. The molecule has 0 atom stereocenters. The van der Waals surface area contributed by atoms with Gasteiger partial charge in [0.2, 0.25) is 0 Å². The average Bonchev–Trinajstić information content (AvgIpc) is 3.07. The molecule has 0 saturated carbocycles. The molecule has 9 heteroatoms. The van der Waals surface area contributed by atoms with Gasteiger partial charge >= 0.3 is 0 Å². The number of aromatic nitrogens is 4. The van der Waals surface area contributed by atoms with Crippen molar-refractivity contribution in [3.8, 4) is 0 Å². The van der Waals surface area contributed by atoms with Gasteiger partial charge in [0.1, 0.15) is 17.1 Å². The van der Waals surface area contributed by atoms with Crippen LogP contribution < -0.4 is 16.0 Å². The lowest BCUT2D eigenvalue weighted by molar-refractivity contribution is 0.0953. The first-order valence-corrected chi connectivity index (χ1v) is 7.66. The Hall–Kier alpha value is -3.49. The van der Waals surface area contributed by atoms with E-state index in [0.717, 1.165) is 5.69 Å². The number of aryl methyl sites for hydroxylation is 1. The first-order chi connectivity index (χ1) is 12.2.